The Balaban J connectivity index is 2.09. The van der Waals surface area contributed by atoms with Gasteiger partial charge in [0.25, 0.3) is 5.91 Å². The van der Waals surface area contributed by atoms with E-state index in [2.05, 4.69) is 15.8 Å². The molecule has 0 aliphatic heterocycles. The SMILES string of the molecule is CN(CCc1cccs1)c1snc(N)c1C(N)=O. The highest BCUT2D eigenvalue weighted by atomic mass is 32.1. The highest BCUT2D eigenvalue weighted by molar-refractivity contribution is 7.11. The molecule has 1 amide bonds. The summed E-state index contributed by atoms with van der Waals surface area (Å²) < 4.78 is 3.98. The molecule has 0 fully saturated rings. The molecule has 5 nitrogen and oxygen atoms in total. The number of nitrogens with two attached hydrogens (primary N) is 2. The third-order valence-electron chi connectivity index (χ3n) is 2.57. The van der Waals surface area contributed by atoms with E-state index < -0.39 is 5.91 Å². The van der Waals surface area contributed by atoms with Crippen LogP contribution in [0, 0.1) is 0 Å². The first-order valence-electron chi connectivity index (χ1n) is 5.38. The zero-order valence-corrected chi connectivity index (χ0v) is 11.6. The monoisotopic (exact) mass is 282 g/mol. The number of rotatable bonds is 5. The third-order valence-corrected chi connectivity index (χ3v) is 4.48. The van der Waals surface area contributed by atoms with Gasteiger partial charge < -0.3 is 16.4 Å². The van der Waals surface area contributed by atoms with Crippen LogP contribution in [0.4, 0.5) is 10.8 Å². The number of nitrogen functional groups attached to an aromatic ring is 1. The maximum absolute atomic E-state index is 11.3. The van der Waals surface area contributed by atoms with E-state index in [1.807, 2.05) is 18.0 Å². The fraction of sp³-hybridized carbons (Fsp3) is 0.273. The maximum atomic E-state index is 11.3. The van der Waals surface area contributed by atoms with Gasteiger partial charge in [0.2, 0.25) is 0 Å². The summed E-state index contributed by atoms with van der Waals surface area (Å²) in [6, 6.07) is 4.12. The molecular weight excluding hydrogens is 268 g/mol. The van der Waals surface area contributed by atoms with E-state index in [1.54, 1.807) is 11.3 Å². The van der Waals surface area contributed by atoms with E-state index in [0.29, 0.717) is 5.56 Å². The number of nitrogens with zero attached hydrogens (tertiary/aromatic N) is 2. The Morgan fingerprint density at radius 1 is 1.56 bits per heavy atom. The van der Waals surface area contributed by atoms with Crippen LogP contribution < -0.4 is 16.4 Å². The van der Waals surface area contributed by atoms with Crippen molar-refractivity contribution in [3.63, 3.8) is 0 Å². The highest BCUT2D eigenvalue weighted by Gasteiger charge is 2.19. The van der Waals surface area contributed by atoms with Crippen LogP contribution >= 0.6 is 22.9 Å². The van der Waals surface area contributed by atoms with Gasteiger partial charge in [-0.3, -0.25) is 4.79 Å². The van der Waals surface area contributed by atoms with Crippen molar-refractivity contribution in [1.29, 1.82) is 0 Å². The molecular formula is C11H14N4OS2. The van der Waals surface area contributed by atoms with E-state index in [4.69, 9.17) is 11.5 Å². The number of thiophene rings is 1. The van der Waals surface area contributed by atoms with Gasteiger partial charge in [0.15, 0.2) is 5.82 Å². The normalized spacial score (nSPS) is 10.5. The Labute approximate surface area is 113 Å². The largest absolute Gasteiger partial charge is 0.382 e. The van der Waals surface area contributed by atoms with E-state index in [9.17, 15) is 4.79 Å². The number of hydrogen-bond acceptors (Lipinski definition) is 6. The highest BCUT2D eigenvalue weighted by Crippen LogP contribution is 2.29. The molecule has 2 aromatic heterocycles. The summed E-state index contributed by atoms with van der Waals surface area (Å²) in [7, 11) is 1.91. The van der Waals surface area contributed by atoms with Crippen LogP contribution in [-0.4, -0.2) is 23.9 Å². The van der Waals surface area contributed by atoms with Gasteiger partial charge in [0, 0.05) is 18.5 Å². The molecule has 96 valence electrons. The molecule has 7 heteroatoms. The molecule has 2 heterocycles. The van der Waals surface area contributed by atoms with Crippen molar-refractivity contribution < 1.29 is 4.79 Å². The minimum absolute atomic E-state index is 0.213. The minimum Gasteiger partial charge on any atom is -0.382 e. The van der Waals surface area contributed by atoms with Crippen LogP contribution in [0.1, 0.15) is 15.2 Å². The number of aromatic nitrogens is 1. The third kappa shape index (κ3) is 2.62. The van der Waals surface area contributed by atoms with Crippen LogP contribution in [0.5, 0.6) is 0 Å². The zero-order chi connectivity index (χ0) is 13.1. The molecule has 0 aliphatic rings. The lowest BCUT2D eigenvalue weighted by molar-refractivity contribution is 0.100. The van der Waals surface area contributed by atoms with E-state index in [-0.39, 0.29) is 5.82 Å². The molecule has 0 saturated heterocycles. The van der Waals surface area contributed by atoms with Crippen LogP contribution in [0.2, 0.25) is 0 Å². The molecule has 18 heavy (non-hydrogen) atoms. The van der Waals surface area contributed by atoms with E-state index in [1.165, 1.54) is 16.4 Å². The molecule has 0 aromatic carbocycles. The second-order valence-electron chi connectivity index (χ2n) is 3.86. The average Bonchev–Trinajstić information content (AvgIpc) is 2.94. The predicted molar refractivity (Wildman–Crippen MR) is 76.3 cm³/mol. The number of primary amides is 1. The van der Waals surface area contributed by atoms with Gasteiger partial charge >= 0.3 is 0 Å². The standard InChI is InChI=1S/C11H14N4OS2/c1-15(5-4-7-3-2-6-17-7)11-8(10(13)16)9(12)14-18-11/h2-3,6H,4-5H2,1H3,(H2,12,14)(H2,13,16). The number of anilines is 2. The van der Waals surface area contributed by atoms with Gasteiger partial charge in [-0.15, -0.1) is 11.3 Å². The summed E-state index contributed by atoms with van der Waals surface area (Å²) >= 11 is 2.92. The summed E-state index contributed by atoms with van der Waals surface area (Å²) in [5, 5.41) is 2.78. The number of carbonyl (C=O) groups excluding carboxylic acids is 1. The lowest BCUT2D eigenvalue weighted by Crippen LogP contribution is -2.23. The first-order valence-corrected chi connectivity index (χ1v) is 7.03. The van der Waals surface area contributed by atoms with E-state index >= 15 is 0 Å². The fourth-order valence-electron chi connectivity index (χ4n) is 1.62. The predicted octanol–water partition coefficient (Wildman–Crippen LogP) is 1.56. The van der Waals surface area contributed by atoms with Crippen molar-refractivity contribution in [2.24, 2.45) is 5.73 Å². The van der Waals surface area contributed by atoms with Crippen LogP contribution in [0.15, 0.2) is 17.5 Å². The zero-order valence-electron chi connectivity index (χ0n) is 9.92. The number of likely N-dealkylation sites (N-methyl/N-ethyl adjacent to an activating group) is 1. The Morgan fingerprint density at radius 2 is 2.33 bits per heavy atom. The lowest BCUT2D eigenvalue weighted by atomic mass is 10.2. The number of carbonyl (C=O) groups is 1. The summed E-state index contributed by atoms with van der Waals surface area (Å²) in [6.45, 7) is 0.794. The van der Waals surface area contributed by atoms with Crippen molar-refractivity contribution in [1.82, 2.24) is 4.37 Å². The minimum atomic E-state index is -0.528. The number of hydrogen-bond donors (Lipinski definition) is 2. The topological polar surface area (TPSA) is 85.2 Å². The van der Waals surface area contributed by atoms with Crippen LogP contribution in [0.25, 0.3) is 0 Å². The molecule has 0 saturated carbocycles. The molecule has 2 aromatic rings. The van der Waals surface area contributed by atoms with Crippen molar-refractivity contribution in [3.05, 3.63) is 28.0 Å². The Morgan fingerprint density at radius 3 is 2.94 bits per heavy atom. The first kappa shape index (κ1) is 12.8. The molecule has 0 bridgehead atoms. The first-order chi connectivity index (χ1) is 8.59. The molecule has 0 spiro atoms. The maximum Gasteiger partial charge on any atom is 0.255 e. The fourth-order valence-corrected chi connectivity index (χ4v) is 3.12. The van der Waals surface area contributed by atoms with Gasteiger partial charge in [-0.2, -0.15) is 4.37 Å². The van der Waals surface area contributed by atoms with Gasteiger partial charge in [0.1, 0.15) is 10.6 Å². The van der Waals surface area contributed by atoms with Gasteiger partial charge in [0.05, 0.1) is 0 Å². The lowest BCUT2D eigenvalue weighted by Gasteiger charge is -2.17. The van der Waals surface area contributed by atoms with Gasteiger partial charge in [-0.1, -0.05) is 6.07 Å². The van der Waals surface area contributed by atoms with Crippen LogP contribution in [0.3, 0.4) is 0 Å². The number of amides is 1. The quantitative estimate of drug-likeness (QED) is 0.871. The molecule has 0 radical (unpaired) electrons. The van der Waals surface area contributed by atoms with Crippen molar-refractivity contribution in [2.75, 3.05) is 24.2 Å². The second-order valence-corrected chi connectivity index (χ2v) is 5.65. The van der Waals surface area contributed by atoms with Crippen molar-refractivity contribution in [3.8, 4) is 0 Å². The van der Waals surface area contributed by atoms with E-state index in [0.717, 1.165) is 18.0 Å². The molecule has 0 unspecified atom stereocenters. The van der Waals surface area contributed by atoms with Crippen LogP contribution in [-0.2, 0) is 6.42 Å². The summed E-state index contributed by atoms with van der Waals surface area (Å²) in [5.74, 6) is -0.315. The smallest absolute Gasteiger partial charge is 0.255 e. The summed E-state index contributed by atoms with van der Waals surface area (Å²) in [5.41, 5.74) is 11.3. The van der Waals surface area contributed by atoms with Crippen molar-refractivity contribution >= 4 is 39.6 Å². The molecule has 0 atom stereocenters. The summed E-state index contributed by atoms with van der Waals surface area (Å²) in [6.07, 6.45) is 0.921. The molecule has 4 N–H and O–H groups in total. The second kappa shape index (κ2) is 5.36. The Kier molecular flexibility index (Phi) is 3.83. The average molecular weight is 282 g/mol. The van der Waals surface area contributed by atoms with Gasteiger partial charge in [-0.05, 0) is 29.4 Å². The van der Waals surface area contributed by atoms with Gasteiger partial charge in [-0.25, -0.2) is 0 Å². The Bertz CT molecular complexity index is 535. The molecule has 0 aliphatic carbocycles. The Hall–Kier alpha value is -1.60. The summed E-state index contributed by atoms with van der Waals surface area (Å²) in [4.78, 5) is 14.6. The van der Waals surface area contributed by atoms with Crippen molar-refractivity contribution in [2.45, 2.75) is 6.42 Å². The molecule has 2 rings (SSSR count).